The Bertz CT molecular complexity index is 1120. The van der Waals surface area contributed by atoms with Crippen LogP contribution in [0.1, 0.15) is 21.7 Å². The number of nitrogens with one attached hydrogen (secondary N) is 2. The van der Waals surface area contributed by atoms with Gasteiger partial charge in [0.05, 0.1) is 26.5 Å². The number of hydrogen-bond donors (Lipinski definition) is 3. The molecule has 4 N–H and O–H groups in total. The molecule has 1 aliphatic rings. The Labute approximate surface area is 181 Å². The molecule has 0 atom stereocenters. The predicted octanol–water partition coefficient (Wildman–Crippen LogP) is -2.51. The number of carbonyl (C=O) groups excluding carboxylic acids is 1. The van der Waals surface area contributed by atoms with Crippen LogP contribution in [-0.4, -0.2) is 70.8 Å². The van der Waals surface area contributed by atoms with Crippen molar-refractivity contribution in [3.8, 4) is 17.3 Å². The molecule has 1 saturated heterocycles. The monoisotopic (exact) mass is 443 g/mol. The van der Waals surface area contributed by atoms with Crippen LogP contribution < -0.4 is 25.9 Å². The molecule has 0 aliphatic carbocycles. The number of morpholine rings is 1. The van der Waals surface area contributed by atoms with Gasteiger partial charge in [0, 0.05) is 0 Å². The Morgan fingerprint density at radius 2 is 2.22 bits per heavy atom. The average Bonchev–Trinajstić information content (AvgIpc) is 3.41. The summed E-state index contributed by atoms with van der Waals surface area (Å²) in [6.07, 6.45) is 1.24. The SMILES string of the molecule is COc1cccc(/C=N/NC(=O)c2nnn(-c3nonc3N)c2C[NH+]2CCOCC2)c1[O-]. The second kappa shape index (κ2) is 9.40. The minimum Gasteiger partial charge on any atom is -0.870 e. The number of hydrazone groups is 1. The summed E-state index contributed by atoms with van der Waals surface area (Å²) in [5.74, 6) is -0.628. The number of hydrogen-bond acceptors (Lipinski definition) is 11. The Morgan fingerprint density at radius 3 is 2.94 bits per heavy atom. The van der Waals surface area contributed by atoms with E-state index < -0.39 is 5.91 Å². The summed E-state index contributed by atoms with van der Waals surface area (Å²) in [6.45, 7) is 3.12. The number of carbonyl (C=O) groups is 1. The largest absolute Gasteiger partial charge is 0.870 e. The lowest BCUT2D eigenvalue weighted by atomic mass is 10.2. The normalized spacial score (nSPS) is 14.7. The van der Waals surface area contributed by atoms with E-state index in [0.717, 1.165) is 13.1 Å². The van der Waals surface area contributed by atoms with Gasteiger partial charge in [-0.15, -0.1) is 5.10 Å². The number of quaternary nitrogens is 1. The number of methoxy groups -OCH3 is 1. The Balaban J connectivity index is 1.57. The lowest BCUT2D eigenvalue weighted by molar-refractivity contribution is -0.921. The van der Waals surface area contributed by atoms with Gasteiger partial charge in [0.15, 0.2) is 5.69 Å². The summed E-state index contributed by atoms with van der Waals surface area (Å²) in [5.41, 5.74) is 8.93. The number of aromatic nitrogens is 5. The molecule has 14 nitrogen and oxygen atoms in total. The average molecular weight is 443 g/mol. The summed E-state index contributed by atoms with van der Waals surface area (Å²) < 4.78 is 16.4. The predicted molar refractivity (Wildman–Crippen MR) is 106 cm³/mol. The number of benzene rings is 1. The highest BCUT2D eigenvalue weighted by molar-refractivity contribution is 5.94. The Morgan fingerprint density at radius 1 is 1.41 bits per heavy atom. The van der Waals surface area contributed by atoms with E-state index in [-0.39, 0.29) is 34.4 Å². The van der Waals surface area contributed by atoms with Gasteiger partial charge in [0.1, 0.15) is 31.1 Å². The maximum absolute atomic E-state index is 12.8. The van der Waals surface area contributed by atoms with E-state index >= 15 is 0 Å². The van der Waals surface area contributed by atoms with Crippen molar-refractivity contribution in [1.82, 2.24) is 30.7 Å². The maximum Gasteiger partial charge on any atom is 0.294 e. The van der Waals surface area contributed by atoms with Crippen LogP contribution in [0.25, 0.3) is 5.82 Å². The van der Waals surface area contributed by atoms with Crippen LogP contribution >= 0.6 is 0 Å². The number of nitrogen functional groups attached to an aromatic ring is 1. The number of nitrogens with zero attached hydrogens (tertiary/aromatic N) is 6. The van der Waals surface area contributed by atoms with E-state index in [2.05, 4.69) is 35.8 Å². The smallest absolute Gasteiger partial charge is 0.294 e. The number of nitrogens with two attached hydrogens (primary N) is 1. The zero-order valence-electron chi connectivity index (χ0n) is 17.1. The molecule has 0 spiro atoms. The molecule has 1 aromatic carbocycles. The summed E-state index contributed by atoms with van der Waals surface area (Å²) in [7, 11) is 1.40. The van der Waals surface area contributed by atoms with Crippen molar-refractivity contribution in [1.29, 1.82) is 0 Å². The van der Waals surface area contributed by atoms with Crippen LogP contribution in [0.2, 0.25) is 0 Å². The van der Waals surface area contributed by atoms with E-state index in [1.807, 2.05) is 0 Å². The van der Waals surface area contributed by atoms with Crippen molar-refractivity contribution < 1.29 is 28.9 Å². The highest BCUT2D eigenvalue weighted by Gasteiger charge is 2.28. The Hall–Kier alpha value is -4.04. The molecule has 32 heavy (non-hydrogen) atoms. The maximum atomic E-state index is 12.8. The van der Waals surface area contributed by atoms with E-state index in [4.69, 9.17) is 15.2 Å². The molecule has 1 amide bonds. The first-order valence-corrected chi connectivity index (χ1v) is 9.70. The molecular formula is C18H21N9O5. The number of rotatable bonds is 7. The summed E-state index contributed by atoms with van der Waals surface area (Å²) in [6, 6.07) is 4.75. The molecule has 3 heterocycles. The molecule has 1 aliphatic heterocycles. The molecule has 2 aromatic heterocycles. The third kappa shape index (κ3) is 4.35. The quantitative estimate of drug-likeness (QED) is 0.260. The summed E-state index contributed by atoms with van der Waals surface area (Å²) >= 11 is 0. The van der Waals surface area contributed by atoms with Gasteiger partial charge in [0.2, 0.25) is 11.6 Å². The third-order valence-corrected chi connectivity index (χ3v) is 4.89. The zero-order valence-corrected chi connectivity index (χ0v) is 17.1. The van der Waals surface area contributed by atoms with Crippen LogP contribution in [-0.2, 0) is 11.3 Å². The van der Waals surface area contributed by atoms with Crippen molar-refractivity contribution >= 4 is 17.9 Å². The minimum absolute atomic E-state index is 0.0131. The van der Waals surface area contributed by atoms with Crippen molar-refractivity contribution in [2.24, 2.45) is 5.10 Å². The molecule has 1 fully saturated rings. The lowest BCUT2D eigenvalue weighted by Gasteiger charge is -2.23. The van der Waals surface area contributed by atoms with E-state index in [1.165, 1.54) is 22.9 Å². The molecule has 3 aromatic rings. The zero-order chi connectivity index (χ0) is 22.5. The molecule has 0 unspecified atom stereocenters. The van der Waals surface area contributed by atoms with Gasteiger partial charge < -0.3 is 25.2 Å². The fraction of sp³-hybridized carbons (Fsp3) is 0.333. The number of ether oxygens (including phenoxy) is 2. The number of para-hydroxylation sites is 1. The van der Waals surface area contributed by atoms with Crippen molar-refractivity contribution in [2.75, 3.05) is 39.1 Å². The first-order valence-electron chi connectivity index (χ1n) is 9.70. The van der Waals surface area contributed by atoms with Crippen LogP contribution in [0, 0.1) is 0 Å². The molecule has 14 heteroatoms. The third-order valence-electron chi connectivity index (χ3n) is 4.89. The lowest BCUT2D eigenvalue weighted by Crippen LogP contribution is -3.12. The standard InChI is InChI=1S/C18H21N9O5/c1-30-13-4-2-3-11(15(13)28)9-20-22-18(29)14-12(10-26-5-7-31-8-6-26)27(25-21-14)17-16(19)23-32-24-17/h2-4,9,28H,5-8,10H2,1H3,(H2,19,23)(H,22,29)/b20-9+. The molecule has 4 rings (SSSR count). The van der Waals surface area contributed by atoms with Gasteiger partial charge in [-0.25, -0.2) is 10.1 Å². The van der Waals surface area contributed by atoms with Gasteiger partial charge in [-0.1, -0.05) is 23.1 Å². The first kappa shape index (κ1) is 21.2. The van der Waals surface area contributed by atoms with Gasteiger partial charge in [-0.3, -0.25) is 4.79 Å². The Kier molecular flexibility index (Phi) is 6.23. The van der Waals surface area contributed by atoms with Crippen LogP contribution in [0.15, 0.2) is 27.9 Å². The van der Waals surface area contributed by atoms with Crippen molar-refractivity contribution in [2.45, 2.75) is 6.54 Å². The fourth-order valence-corrected chi connectivity index (χ4v) is 3.23. The van der Waals surface area contributed by atoms with Crippen molar-refractivity contribution in [3.63, 3.8) is 0 Å². The number of amides is 1. The van der Waals surface area contributed by atoms with Crippen LogP contribution in [0.5, 0.6) is 11.5 Å². The van der Waals surface area contributed by atoms with Crippen LogP contribution in [0.3, 0.4) is 0 Å². The van der Waals surface area contributed by atoms with Crippen LogP contribution in [0.4, 0.5) is 5.82 Å². The van der Waals surface area contributed by atoms with E-state index in [0.29, 0.717) is 25.5 Å². The van der Waals surface area contributed by atoms with E-state index in [1.54, 1.807) is 18.2 Å². The second-order valence-electron chi connectivity index (χ2n) is 6.89. The fourth-order valence-electron chi connectivity index (χ4n) is 3.23. The number of anilines is 1. The highest BCUT2D eigenvalue weighted by Crippen LogP contribution is 2.25. The van der Waals surface area contributed by atoms with Gasteiger partial charge in [-0.2, -0.15) is 9.78 Å². The topological polar surface area (TPSA) is 183 Å². The highest BCUT2D eigenvalue weighted by atomic mass is 16.6. The van der Waals surface area contributed by atoms with Crippen molar-refractivity contribution in [3.05, 3.63) is 35.2 Å². The summed E-state index contributed by atoms with van der Waals surface area (Å²) in [5, 5.41) is 31.4. The van der Waals surface area contributed by atoms with Gasteiger partial charge in [0.25, 0.3) is 5.91 Å². The van der Waals surface area contributed by atoms with Gasteiger partial charge >= 0.3 is 0 Å². The van der Waals surface area contributed by atoms with E-state index in [9.17, 15) is 9.90 Å². The molecule has 0 bridgehead atoms. The minimum atomic E-state index is -0.611. The van der Waals surface area contributed by atoms with Gasteiger partial charge in [-0.05, 0) is 21.9 Å². The molecular weight excluding hydrogens is 422 g/mol. The second-order valence-corrected chi connectivity index (χ2v) is 6.89. The summed E-state index contributed by atoms with van der Waals surface area (Å²) in [4.78, 5) is 14.0. The first-order chi connectivity index (χ1) is 15.6. The molecule has 0 radical (unpaired) electrons. The molecule has 168 valence electrons. The molecule has 0 saturated carbocycles.